The lowest BCUT2D eigenvalue weighted by molar-refractivity contribution is -0.384. The van der Waals surface area contributed by atoms with Crippen LogP contribution in [0.25, 0.3) is 11.0 Å². The monoisotopic (exact) mass is 595 g/mol. The second-order valence-corrected chi connectivity index (χ2v) is 10.3. The number of piperazine rings is 1. The van der Waals surface area contributed by atoms with Gasteiger partial charge in [0.2, 0.25) is 6.41 Å². The average molecular weight is 596 g/mol. The Morgan fingerprint density at radius 3 is 2.23 bits per heavy atom. The smallest absolute Gasteiger partial charge is 0.269 e. The fourth-order valence-electron chi connectivity index (χ4n) is 4.62. The van der Waals surface area contributed by atoms with Crippen LogP contribution in [0.15, 0.2) is 59.6 Å². The van der Waals surface area contributed by atoms with Crippen molar-refractivity contribution in [3.05, 3.63) is 93.6 Å². The van der Waals surface area contributed by atoms with Crippen molar-refractivity contribution in [3.63, 3.8) is 0 Å². The maximum absolute atomic E-state index is 13.9. The number of amidine groups is 1. The highest BCUT2D eigenvalue weighted by molar-refractivity contribution is 5.90. The van der Waals surface area contributed by atoms with Crippen LogP contribution in [-0.4, -0.2) is 77.2 Å². The molecule has 3 aromatic carbocycles. The molecule has 1 atom stereocenters. The molecule has 1 amide bonds. The van der Waals surface area contributed by atoms with Gasteiger partial charge in [0.05, 0.1) is 16.5 Å². The highest BCUT2D eigenvalue weighted by Crippen LogP contribution is 2.27. The van der Waals surface area contributed by atoms with Crippen LogP contribution in [0.5, 0.6) is 0 Å². The molecule has 0 radical (unpaired) electrons. The predicted octanol–water partition coefficient (Wildman–Crippen LogP) is 5.56. The molecule has 226 valence electrons. The Morgan fingerprint density at radius 2 is 1.67 bits per heavy atom. The van der Waals surface area contributed by atoms with Gasteiger partial charge in [-0.1, -0.05) is 17.7 Å². The number of nitro benzene ring substituents is 1. The molecule has 2 heterocycles. The Hall–Kier alpha value is -4.94. The van der Waals surface area contributed by atoms with Crippen molar-refractivity contribution in [3.8, 4) is 0 Å². The number of aryl methyl sites for hydroxylation is 1. The molecule has 1 unspecified atom stereocenters. The zero-order valence-corrected chi connectivity index (χ0v) is 24.2. The van der Waals surface area contributed by atoms with Gasteiger partial charge >= 0.3 is 0 Å². The first-order chi connectivity index (χ1) is 20.5. The molecule has 0 saturated carbocycles. The van der Waals surface area contributed by atoms with Crippen LogP contribution in [0.3, 0.4) is 0 Å². The van der Waals surface area contributed by atoms with Gasteiger partial charge in [-0.3, -0.25) is 14.9 Å². The summed E-state index contributed by atoms with van der Waals surface area (Å²) >= 11 is 0. The molecule has 1 aliphatic heterocycles. The van der Waals surface area contributed by atoms with Crippen LogP contribution in [0.4, 0.5) is 30.2 Å². The number of carbonyl (C=O) groups is 1. The van der Waals surface area contributed by atoms with Crippen LogP contribution in [0, 0.1) is 34.5 Å². The summed E-state index contributed by atoms with van der Waals surface area (Å²) in [4.78, 5) is 37.8. The SMILES string of the molecule is Cc1ccc(N=C(C(C)c2nc3c(F)cc(F)c(F)c3[nH]2)N(C)C)cc1.O=CN1CCN(c2ccc([N+](=O)[O-])cc2)CC1. The van der Waals surface area contributed by atoms with Crippen molar-refractivity contribution >= 4 is 40.3 Å². The van der Waals surface area contributed by atoms with Crippen LogP contribution in [0.2, 0.25) is 0 Å². The number of nitro groups is 1. The minimum Gasteiger partial charge on any atom is -0.368 e. The first-order valence-electron chi connectivity index (χ1n) is 13.5. The lowest BCUT2D eigenvalue weighted by Crippen LogP contribution is -2.45. The lowest BCUT2D eigenvalue weighted by atomic mass is 10.1. The average Bonchev–Trinajstić information content (AvgIpc) is 3.46. The number of carbonyl (C=O) groups excluding carboxylic acids is 1. The van der Waals surface area contributed by atoms with E-state index < -0.39 is 22.4 Å². The second-order valence-electron chi connectivity index (χ2n) is 10.3. The fourth-order valence-corrected chi connectivity index (χ4v) is 4.62. The van der Waals surface area contributed by atoms with Crippen molar-refractivity contribution in [2.75, 3.05) is 45.2 Å². The molecule has 1 aromatic heterocycles. The van der Waals surface area contributed by atoms with Gasteiger partial charge in [-0.25, -0.2) is 23.1 Å². The van der Waals surface area contributed by atoms with E-state index in [1.54, 1.807) is 17.0 Å². The standard InChI is InChI=1S/C19H19F3N4.C11H13N3O3/c1-10-5-7-12(8-6-10)23-19(26(3)4)11(2)18-24-16-14(21)9-13(20)15(22)17(16)25-18;15-9-12-5-7-13(8-6-12)10-1-3-11(4-2-10)14(16)17/h5-9,11H,1-4H3,(H,24,25);1-4,9H,5-8H2. The number of halogens is 3. The largest absolute Gasteiger partial charge is 0.368 e. The first kappa shape index (κ1) is 31.0. The molecule has 1 aliphatic rings. The van der Waals surface area contributed by atoms with Gasteiger partial charge in [-0.2, -0.15) is 0 Å². The highest BCUT2D eigenvalue weighted by Gasteiger charge is 2.23. The molecule has 13 heteroatoms. The summed E-state index contributed by atoms with van der Waals surface area (Å²) in [5, 5.41) is 10.5. The number of benzene rings is 3. The van der Waals surface area contributed by atoms with Gasteiger partial charge in [0.1, 0.15) is 22.7 Å². The van der Waals surface area contributed by atoms with E-state index in [-0.39, 0.29) is 22.6 Å². The zero-order chi connectivity index (χ0) is 31.3. The summed E-state index contributed by atoms with van der Waals surface area (Å²) in [5.41, 5.74) is 2.43. The van der Waals surface area contributed by atoms with Gasteiger partial charge in [0.25, 0.3) is 5.69 Å². The molecule has 10 nitrogen and oxygen atoms in total. The minimum absolute atomic E-state index is 0.0975. The molecular formula is C30H32F3N7O3. The highest BCUT2D eigenvalue weighted by atomic mass is 19.2. The van der Waals surface area contributed by atoms with E-state index in [1.165, 1.54) is 12.1 Å². The van der Waals surface area contributed by atoms with Crippen LogP contribution in [-0.2, 0) is 4.79 Å². The maximum Gasteiger partial charge on any atom is 0.269 e. The number of non-ortho nitro benzene ring substituents is 1. The summed E-state index contributed by atoms with van der Waals surface area (Å²) in [7, 11) is 3.65. The molecule has 0 spiro atoms. The van der Waals surface area contributed by atoms with E-state index in [4.69, 9.17) is 0 Å². The number of anilines is 1. The number of aliphatic imine (C=N–C) groups is 1. The van der Waals surface area contributed by atoms with Crippen molar-refractivity contribution in [1.29, 1.82) is 0 Å². The number of imidazole rings is 1. The van der Waals surface area contributed by atoms with Crippen LogP contribution >= 0.6 is 0 Å². The number of hydrogen-bond acceptors (Lipinski definition) is 6. The van der Waals surface area contributed by atoms with E-state index in [9.17, 15) is 28.1 Å². The Morgan fingerprint density at radius 1 is 1.05 bits per heavy atom. The molecule has 0 aliphatic carbocycles. The van der Waals surface area contributed by atoms with Gasteiger partial charge in [-0.05, 0) is 38.1 Å². The van der Waals surface area contributed by atoms with E-state index in [0.717, 1.165) is 36.4 Å². The third-order valence-electron chi connectivity index (χ3n) is 7.05. The summed E-state index contributed by atoms with van der Waals surface area (Å²) in [6.45, 7) is 6.71. The second kappa shape index (κ2) is 13.4. The lowest BCUT2D eigenvalue weighted by Gasteiger charge is -2.34. The van der Waals surface area contributed by atoms with Crippen molar-refractivity contribution in [1.82, 2.24) is 19.8 Å². The molecule has 5 rings (SSSR count). The number of hydrogen-bond donors (Lipinski definition) is 1. The molecule has 1 fully saturated rings. The van der Waals surface area contributed by atoms with Crippen LogP contribution < -0.4 is 4.90 Å². The topological polar surface area (TPSA) is 111 Å². The number of H-pyrrole nitrogens is 1. The number of fused-ring (bicyclic) bond motifs is 1. The van der Waals surface area contributed by atoms with E-state index in [2.05, 4.69) is 19.9 Å². The van der Waals surface area contributed by atoms with Crippen molar-refractivity contribution < 1.29 is 22.9 Å². The van der Waals surface area contributed by atoms with Gasteiger partial charge in [-0.15, -0.1) is 0 Å². The third kappa shape index (κ3) is 7.29. The molecule has 43 heavy (non-hydrogen) atoms. The molecule has 1 N–H and O–H groups in total. The Kier molecular flexibility index (Phi) is 9.63. The number of nitrogens with one attached hydrogen (secondary N) is 1. The minimum atomic E-state index is -1.25. The van der Waals surface area contributed by atoms with E-state index in [1.807, 2.05) is 57.1 Å². The Labute approximate surface area is 246 Å². The maximum atomic E-state index is 13.9. The number of aromatic amines is 1. The number of rotatable bonds is 6. The van der Waals surface area contributed by atoms with Crippen LogP contribution in [0.1, 0.15) is 24.2 Å². The summed E-state index contributed by atoms with van der Waals surface area (Å²) in [6.07, 6.45) is 0.854. The number of nitrogens with zero attached hydrogens (tertiary/aromatic N) is 6. The molecule has 1 saturated heterocycles. The zero-order valence-electron chi connectivity index (χ0n) is 24.2. The van der Waals surface area contributed by atoms with Gasteiger partial charge < -0.3 is 19.7 Å². The quantitative estimate of drug-likeness (QED) is 0.0781. The normalized spacial score (nSPS) is 14.3. The summed E-state index contributed by atoms with van der Waals surface area (Å²) < 4.78 is 41.3. The number of amides is 1. The van der Waals surface area contributed by atoms with E-state index in [0.29, 0.717) is 30.8 Å². The fraction of sp³-hybridized carbons (Fsp3) is 0.300. The number of aromatic nitrogens is 2. The Balaban J connectivity index is 0.000000215. The summed E-state index contributed by atoms with van der Waals surface area (Å²) in [6, 6.07) is 14.7. The van der Waals surface area contributed by atoms with Gasteiger partial charge in [0.15, 0.2) is 17.5 Å². The Bertz CT molecular complexity index is 1620. The van der Waals surface area contributed by atoms with E-state index >= 15 is 0 Å². The van der Waals surface area contributed by atoms with Crippen molar-refractivity contribution in [2.45, 2.75) is 19.8 Å². The number of likely N-dealkylation sites (N-methyl/N-ethyl adjacent to an activating group) is 1. The van der Waals surface area contributed by atoms with Gasteiger partial charge in [0, 0.05) is 64.2 Å². The summed E-state index contributed by atoms with van der Waals surface area (Å²) in [5.74, 6) is -2.73. The predicted molar refractivity (Wildman–Crippen MR) is 159 cm³/mol. The molecular weight excluding hydrogens is 563 g/mol. The molecule has 4 aromatic rings. The first-order valence-corrected chi connectivity index (χ1v) is 13.5. The van der Waals surface area contributed by atoms with Crippen molar-refractivity contribution in [2.24, 2.45) is 4.99 Å². The molecule has 0 bridgehead atoms. The third-order valence-corrected chi connectivity index (χ3v) is 7.05.